The molecule has 0 fully saturated rings. The molecule has 0 saturated heterocycles. The van der Waals surface area contributed by atoms with Crippen molar-refractivity contribution in [2.75, 3.05) is 12.4 Å². The molecule has 6 heteroatoms. The molecule has 37 heavy (non-hydrogen) atoms. The molecule has 0 atom stereocenters. The van der Waals surface area contributed by atoms with E-state index in [-0.39, 0.29) is 11.4 Å². The highest BCUT2D eigenvalue weighted by Crippen LogP contribution is 2.26. The molecular formula is C31H25FN2O3. The van der Waals surface area contributed by atoms with Crippen LogP contribution in [0, 0.1) is 17.1 Å². The molecule has 1 N–H and O–H groups in total. The topological polar surface area (TPSA) is 71.3 Å². The Morgan fingerprint density at radius 3 is 2.38 bits per heavy atom. The number of carbonyl (C=O) groups excluding carboxylic acids is 1. The highest BCUT2D eigenvalue weighted by atomic mass is 19.1. The molecule has 0 aromatic heterocycles. The van der Waals surface area contributed by atoms with E-state index in [0.717, 1.165) is 11.1 Å². The van der Waals surface area contributed by atoms with Gasteiger partial charge in [-0.25, -0.2) is 4.39 Å². The maximum absolute atomic E-state index is 14.1. The van der Waals surface area contributed by atoms with Crippen molar-refractivity contribution in [1.29, 1.82) is 5.26 Å². The number of nitrogens with zero attached hydrogens (tertiary/aromatic N) is 1. The number of rotatable bonds is 9. The summed E-state index contributed by atoms with van der Waals surface area (Å²) in [4.78, 5) is 12.7. The first-order valence-corrected chi connectivity index (χ1v) is 11.7. The van der Waals surface area contributed by atoms with Crippen molar-refractivity contribution in [3.8, 4) is 17.6 Å². The number of benzene rings is 4. The van der Waals surface area contributed by atoms with Crippen LogP contribution in [-0.2, 0) is 17.8 Å². The van der Waals surface area contributed by atoms with Crippen LogP contribution in [0.3, 0.4) is 0 Å². The first-order valence-electron chi connectivity index (χ1n) is 11.7. The first kappa shape index (κ1) is 25.2. The van der Waals surface area contributed by atoms with Gasteiger partial charge in [0, 0.05) is 12.1 Å². The zero-order chi connectivity index (χ0) is 26.0. The normalized spacial score (nSPS) is 10.9. The Balaban J connectivity index is 1.42. The number of ether oxygens (including phenoxy) is 2. The lowest BCUT2D eigenvalue weighted by molar-refractivity contribution is -0.112. The first-order chi connectivity index (χ1) is 18.1. The Kier molecular flexibility index (Phi) is 8.30. The summed E-state index contributed by atoms with van der Waals surface area (Å²) in [5, 5.41) is 12.3. The minimum atomic E-state index is -0.533. The monoisotopic (exact) mass is 492 g/mol. The smallest absolute Gasteiger partial charge is 0.266 e. The maximum atomic E-state index is 14.1. The van der Waals surface area contributed by atoms with Gasteiger partial charge in [0.2, 0.25) is 0 Å². The van der Waals surface area contributed by atoms with Gasteiger partial charge in [0.25, 0.3) is 5.91 Å². The predicted molar refractivity (Wildman–Crippen MR) is 142 cm³/mol. The van der Waals surface area contributed by atoms with Crippen LogP contribution < -0.4 is 14.8 Å². The van der Waals surface area contributed by atoms with Gasteiger partial charge in [-0.3, -0.25) is 4.79 Å². The van der Waals surface area contributed by atoms with E-state index in [2.05, 4.69) is 5.32 Å². The second-order valence-corrected chi connectivity index (χ2v) is 8.26. The van der Waals surface area contributed by atoms with E-state index >= 15 is 0 Å². The Bertz CT molecular complexity index is 1440. The molecule has 0 aliphatic rings. The highest BCUT2D eigenvalue weighted by Gasteiger charge is 2.12. The van der Waals surface area contributed by atoms with Gasteiger partial charge in [-0.05, 0) is 64.7 Å². The van der Waals surface area contributed by atoms with E-state index in [4.69, 9.17) is 9.47 Å². The highest BCUT2D eigenvalue weighted by molar-refractivity contribution is 6.09. The van der Waals surface area contributed by atoms with E-state index < -0.39 is 5.91 Å². The molecule has 0 unspecified atom stereocenters. The second kappa shape index (κ2) is 12.2. The van der Waals surface area contributed by atoms with Crippen LogP contribution in [0.4, 0.5) is 10.1 Å². The van der Waals surface area contributed by atoms with Gasteiger partial charge >= 0.3 is 0 Å². The Labute approximate surface area is 215 Å². The molecule has 1 amide bonds. The molecule has 0 spiro atoms. The minimum Gasteiger partial charge on any atom is -0.496 e. The molecule has 0 bridgehead atoms. The van der Waals surface area contributed by atoms with Crippen molar-refractivity contribution >= 4 is 17.7 Å². The number of carbonyl (C=O) groups is 1. The molecule has 4 aromatic carbocycles. The SMILES string of the molecule is COc1cc(/C=C(\C#N)C(=O)Nc2ccc(OCc3ccccc3)cc2)ccc1Cc1ccccc1F. The summed E-state index contributed by atoms with van der Waals surface area (Å²) in [6.07, 6.45) is 1.85. The number of anilines is 1. The minimum absolute atomic E-state index is 0.0617. The summed E-state index contributed by atoms with van der Waals surface area (Å²) in [6.45, 7) is 0.441. The number of methoxy groups -OCH3 is 1. The summed E-state index contributed by atoms with van der Waals surface area (Å²) in [5.41, 5.74) is 3.50. The van der Waals surface area contributed by atoms with E-state index in [9.17, 15) is 14.4 Å². The van der Waals surface area contributed by atoms with Gasteiger partial charge in [0.1, 0.15) is 35.6 Å². The van der Waals surface area contributed by atoms with Gasteiger partial charge < -0.3 is 14.8 Å². The van der Waals surface area contributed by atoms with Gasteiger partial charge in [-0.2, -0.15) is 5.26 Å². The van der Waals surface area contributed by atoms with Crippen molar-refractivity contribution in [2.24, 2.45) is 0 Å². The molecule has 0 heterocycles. The Morgan fingerprint density at radius 1 is 0.946 bits per heavy atom. The summed E-state index contributed by atoms with van der Waals surface area (Å²) in [5.74, 6) is 0.392. The van der Waals surface area contributed by atoms with E-state index in [1.165, 1.54) is 19.3 Å². The quantitative estimate of drug-likeness (QED) is 0.212. The summed E-state index contributed by atoms with van der Waals surface area (Å²) in [6, 6.07) is 30.6. The third kappa shape index (κ3) is 6.83. The van der Waals surface area contributed by atoms with Crippen molar-refractivity contribution in [3.63, 3.8) is 0 Å². The van der Waals surface area contributed by atoms with Gasteiger partial charge in [0.15, 0.2) is 0 Å². The summed E-state index contributed by atoms with van der Waals surface area (Å²) < 4.78 is 25.3. The molecular weight excluding hydrogens is 467 g/mol. The van der Waals surface area contributed by atoms with Crippen molar-refractivity contribution in [3.05, 3.63) is 131 Å². The molecule has 4 aromatic rings. The van der Waals surface area contributed by atoms with Crippen LogP contribution in [0.15, 0.2) is 103 Å². The van der Waals surface area contributed by atoms with Crippen molar-refractivity contribution in [1.82, 2.24) is 0 Å². The fourth-order valence-corrected chi connectivity index (χ4v) is 3.73. The number of hydrogen-bond donors (Lipinski definition) is 1. The van der Waals surface area contributed by atoms with Crippen LogP contribution in [-0.4, -0.2) is 13.0 Å². The number of hydrogen-bond acceptors (Lipinski definition) is 4. The number of halogens is 1. The average Bonchev–Trinajstić information content (AvgIpc) is 2.93. The molecule has 0 saturated carbocycles. The second-order valence-electron chi connectivity index (χ2n) is 8.26. The summed E-state index contributed by atoms with van der Waals surface area (Å²) in [7, 11) is 1.53. The fourth-order valence-electron chi connectivity index (χ4n) is 3.73. The third-order valence-electron chi connectivity index (χ3n) is 5.69. The Hall–Kier alpha value is -4.89. The average molecular weight is 493 g/mol. The van der Waals surface area contributed by atoms with Crippen molar-refractivity contribution in [2.45, 2.75) is 13.0 Å². The fraction of sp³-hybridized carbons (Fsp3) is 0.0968. The standard InChI is InChI=1S/C31H25FN2O3/c1-36-30-18-23(11-12-25(30)19-24-9-5-6-10-29(24)32)17-26(20-33)31(35)34-27-13-15-28(16-14-27)37-21-22-7-3-2-4-8-22/h2-18H,19,21H2,1H3,(H,34,35)/b26-17+. The lowest BCUT2D eigenvalue weighted by Crippen LogP contribution is -2.13. The number of amides is 1. The largest absolute Gasteiger partial charge is 0.496 e. The van der Waals surface area contributed by atoms with E-state index in [1.54, 1.807) is 60.7 Å². The van der Waals surface area contributed by atoms with E-state index in [0.29, 0.717) is 41.3 Å². The third-order valence-corrected chi connectivity index (χ3v) is 5.69. The molecule has 0 radical (unpaired) electrons. The van der Waals surface area contributed by atoms with Gasteiger partial charge in [-0.1, -0.05) is 60.7 Å². The van der Waals surface area contributed by atoms with Crippen LogP contribution in [0.25, 0.3) is 6.08 Å². The van der Waals surface area contributed by atoms with Crippen molar-refractivity contribution < 1.29 is 18.7 Å². The molecule has 0 aliphatic carbocycles. The molecule has 5 nitrogen and oxygen atoms in total. The van der Waals surface area contributed by atoms with Crippen LogP contribution in [0.2, 0.25) is 0 Å². The van der Waals surface area contributed by atoms with Crippen LogP contribution in [0.1, 0.15) is 22.3 Å². The summed E-state index contributed by atoms with van der Waals surface area (Å²) >= 11 is 0. The number of nitriles is 1. The van der Waals surface area contributed by atoms with Crippen LogP contribution in [0.5, 0.6) is 11.5 Å². The zero-order valence-corrected chi connectivity index (χ0v) is 20.3. The molecule has 0 aliphatic heterocycles. The number of nitrogens with one attached hydrogen (secondary N) is 1. The lowest BCUT2D eigenvalue weighted by Gasteiger charge is -2.11. The zero-order valence-electron chi connectivity index (χ0n) is 20.3. The predicted octanol–water partition coefficient (Wildman–Crippen LogP) is 6.55. The van der Waals surface area contributed by atoms with Gasteiger partial charge in [-0.15, -0.1) is 0 Å². The van der Waals surface area contributed by atoms with E-state index in [1.807, 2.05) is 36.4 Å². The van der Waals surface area contributed by atoms with Gasteiger partial charge in [0.05, 0.1) is 7.11 Å². The maximum Gasteiger partial charge on any atom is 0.266 e. The molecule has 4 rings (SSSR count). The van der Waals surface area contributed by atoms with Crippen LogP contribution >= 0.6 is 0 Å². The Morgan fingerprint density at radius 2 is 1.68 bits per heavy atom. The lowest BCUT2D eigenvalue weighted by atomic mass is 10.0. The molecule has 184 valence electrons.